The number of amides is 1. The second-order valence-corrected chi connectivity index (χ2v) is 5.79. The predicted molar refractivity (Wildman–Crippen MR) is 87.7 cm³/mol. The molecule has 122 valence electrons. The normalized spacial score (nSPS) is 11.3. The van der Waals surface area contributed by atoms with E-state index in [0.717, 1.165) is 28.0 Å². The van der Waals surface area contributed by atoms with Crippen LogP contribution >= 0.6 is 11.3 Å². The lowest BCUT2D eigenvalue weighted by Gasteiger charge is -2.04. The zero-order valence-corrected chi connectivity index (χ0v) is 13.0. The summed E-state index contributed by atoms with van der Waals surface area (Å²) >= 11 is 0.946. The molecule has 24 heavy (non-hydrogen) atoms. The first-order valence-electron chi connectivity index (χ1n) is 6.93. The van der Waals surface area contributed by atoms with Gasteiger partial charge in [0.15, 0.2) is 5.13 Å². The van der Waals surface area contributed by atoms with Crippen LogP contribution < -0.4 is 5.32 Å². The molecule has 0 atom stereocenters. The number of benzene rings is 2. The first-order chi connectivity index (χ1) is 11.4. The van der Waals surface area contributed by atoms with Gasteiger partial charge >= 0.3 is 12.1 Å². The second kappa shape index (κ2) is 6.45. The highest BCUT2D eigenvalue weighted by Gasteiger charge is 2.39. The molecule has 0 aliphatic heterocycles. The summed E-state index contributed by atoms with van der Waals surface area (Å²) in [4.78, 5) is 14.9. The van der Waals surface area contributed by atoms with Gasteiger partial charge in [-0.25, -0.2) is 4.98 Å². The largest absolute Gasteiger partial charge is 0.471 e. The molecule has 0 aliphatic rings. The van der Waals surface area contributed by atoms with E-state index in [1.54, 1.807) is 10.7 Å². The molecule has 3 rings (SSSR count). The van der Waals surface area contributed by atoms with Crippen LogP contribution in [0.5, 0.6) is 0 Å². The first-order valence-corrected chi connectivity index (χ1v) is 7.81. The smallest absolute Gasteiger partial charge is 0.294 e. The predicted octanol–water partition coefficient (Wildman–Crippen LogP) is 4.98. The van der Waals surface area contributed by atoms with Crippen LogP contribution in [0.3, 0.4) is 0 Å². The number of hydrogen-bond donors (Lipinski definition) is 1. The Morgan fingerprint density at radius 2 is 1.50 bits per heavy atom. The van der Waals surface area contributed by atoms with Crippen LogP contribution in [0.1, 0.15) is 0 Å². The van der Waals surface area contributed by atoms with E-state index in [1.807, 2.05) is 54.6 Å². The average molecular weight is 348 g/mol. The summed E-state index contributed by atoms with van der Waals surface area (Å²) in [5.41, 5.74) is 3.37. The van der Waals surface area contributed by atoms with Gasteiger partial charge in [0.05, 0.1) is 5.69 Å². The van der Waals surface area contributed by atoms with E-state index < -0.39 is 12.1 Å². The Labute approximate surface area is 139 Å². The molecule has 0 spiro atoms. The van der Waals surface area contributed by atoms with E-state index in [2.05, 4.69) is 4.98 Å². The van der Waals surface area contributed by atoms with E-state index in [9.17, 15) is 18.0 Å². The van der Waals surface area contributed by atoms with E-state index in [-0.39, 0.29) is 5.13 Å². The highest BCUT2D eigenvalue weighted by Crippen LogP contribution is 2.28. The number of halogens is 3. The Balaban J connectivity index is 1.77. The number of nitrogens with zero attached hydrogens (tertiary/aromatic N) is 1. The molecule has 2 aromatic carbocycles. The summed E-state index contributed by atoms with van der Waals surface area (Å²) in [6.45, 7) is 0. The van der Waals surface area contributed by atoms with Crippen molar-refractivity contribution in [3.8, 4) is 22.4 Å². The SMILES string of the molecule is O=C(Nc1nc(-c2ccc(-c3ccccc3)cc2)cs1)C(F)(F)F. The lowest BCUT2D eigenvalue weighted by atomic mass is 10.0. The first kappa shape index (κ1) is 16.2. The van der Waals surface area contributed by atoms with Crippen LogP contribution in [-0.2, 0) is 4.79 Å². The number of carbonyl (C=O) groups is 1. The van der Waals surface area contributed by atoms with E-state index in [0.29, 0.717) is 5.69 Å². The summed E-state index contributed by atoms with van der Waals surface area (Å²) in [7, 11) is 0. The molecular formula is C17H11F3N2OS. The number of hydrogen-bond acceptors (Lipinski definition) is 3. The van der Waals surface area contributed by atoms with Crippen LogP contribution in [0, 0.1) is 0 Å². The molecule has 0 fully saturated rings. The van der Waals surface area contributed by atoms with Gasteiger partial charge in [0.25, 0.3) is 0 Å². The quantitative estimate of drug-likeness (QED) is 0.725. The molecule has 0 aliphatic carbocycles. The van der Waals surface area contributed by atoms with Crippen molar-refractivity contribution >= 4 is 22.4 Å². The zero-order valence-electron chi connectivity index (χ0n) is 12.2. The number of aromatic nitrogens is 1. The summed E-state index contributed by atoms with van der Waals surface area (Å²) in [5.74, 6) is -2.03. The van der Waals surface area contributed by atoms with Gasteiger partial charge in [0, 0.05) is 10.9 Å². The van der Waals surface area contributed by atoms with Gasteiger partial charge in [-0.05, 0) is 11.1 Å². The van der Waals surface area contributed by atoms with Crippen LogP contribution in [0.25, 0.3) is 22.4 Å². The molecular weight excluding hydrogens is 337 g/mol. The highest BCUT2D eigenvalue weighted by molar-refractivity contribution is 7.14. The molecule has 1 aromatic heterocycles. The van der Waals surface area contributed by atoms with E-state index in [4.69, 9.17) is 0 Å². The molecule has 0 saturated heterocycles. The number of anilines is 1. The third-order valence-electron chi connectivity index (χ3n) is 3.27. The Kier molecular flexibility index (Phi) is 4.35. The third kappa shape index (κ3) is 3.62. The van der Waals surface area contributed by atoms with Gasteiger partial charge in [-0.1, -0.05) is 54.6 Å². The number of thiazole rings is 1. The molecule has 3 aromatic rings. The molecule has 0 radical (unpaired) electrons. The average Bonchev–Trinajstić information content (AvgIpc) is 3.03. The van der Waals surface area contributed by atoms with Crippen molar-refractivity contribution in [2.24, 2.45) is 0 Å². The van der Waals surface area contributed by atoms with Gasteiger partial charge < -0.3 is 0 Å². The summed E-state index contributed by atoms with van der Waals surface area (Å²) in [6, 6.07) is 17.3. The monoisotopic (exact) mass is 348 g/mol. The van der Waals surface area contributed by atoms with Crippen molar-refractivity contribution in [2.45, 2.75) is 6.18 Å². The van der Waals surface area contributed by atoms with Gasteiger partial charge in [0.2, 0.25) is 0 Å². The molecule has 3 nitrogen and oxygen atoms in total. The molecule has 0 saturated carbocycles. The van der Waals surface area contributed by atoms with Crippen LogP contribution in [0.2, 0.25) is 0 Å². The van der Waals surface area contributed by atoms with E-state index >= 15 is 0 Å². The van der Waals surface area contributed by atoms with Crippen molar-refractivity contribution in [1.29, 1.82) is 0 Å². The van der Waals surface area contributed by atoms with Gasteiger partial charge in [0.1, 0.15) is 0 Å². The van der Waals surface area contributed by atoms with Gasteiger partial charge in [-0.3, -0.25) is 10.1 Å². The Hall–Kier alpha value is -2.67. The van der Waals surface area contributed by atoms with Crippen molar-refractivity contribution < 1.29 is 18.0 Å². The fourth-order valence-electron chi connectivity index (χ4n) is 2.10. The fourth-order valence-corrected chi connectivity index (χ4v) is 2.81. The van der Waals surface area contributed by atoms with E-state index in [1.165, 1.54) is 0 Å². The second-order valence-electron chi connectivity index (χ2n) is 4.93. The van der Waals surface area contributed by atoms with Crippen molar-refractivity contribution in [3.63, 3.8) is 0 Å². The molecule has 0 bridgehead atoms. The van der Waals surface area contributed by atoms with Crippen LogP contribution in [0.15, 0.2) is 60.0 Å². The molecule has 1 N–H and O–H groups in total. The fraction of sp³-hybridized carbons (Fsp3) is 0.0588. The van der Waals surface area contributed by atoms with Gasteiger partial charge in [-0.2, -0.15) is 13.2 Å². The van der Waals surface area contributed by atoms with Gasteiger partial charge in [-0.15, -0.1) is 11.3 Å². The lowest BCUT2D eigenvalue weighted by Crippen LogP contribution is -2.29. The number of nitrogens with one attached hydrogen (secondary N) is 1. The maximum absolute atomic E-state index is 12.2. The highest BCUT2D eigenvalue weighted by atomic mass is 32.1. The minimum absolute atomic E-state index is 0.0838. The topological polar surface area (TPSA) is 42.0 Å². The molecule has 1 amide bonds. The Bertz CT molecular complexity index is 842. The maximum Gasteiger partial charge on any atom is 0.471 e. The summed E-state index contributed by atoms with van der Waals surface area (Å²) < 4.78 is 36.7. The minimum Gasteiger partial charge on any atom is -0.294 e. The summed E-state index contributed by atoms with van der Waals surface area (Å²) in [5, 5.41) is 3.27. The van der Waals surface area contributed by atoms with Crippen molar-refractivity contribution in [1.82, 2.24) is 4.98 Å². The third-order valence-corrected chi connectivity index (χ3v) is 4.03. The number of rotatable bonds is 3. The number of carbonyl (C=O) groups excluding carboxylic acids is 1. The zero-order chi connectivity index (χ0) is 17.2. The Morgan fingerprint density at radius 1 is 0.917 bits per heavy atom. The lowest BCUT2D eigenvalue weighted by molar-refractivity contribution is -0.167. The maximum atomic E-state index is 12.2. The van der Waals surface area contributed by atoms with Crippen molar-refractivity contribution in [2.75, 3.05) is 5.32 Å². The minimum atomic E-state index is -4.93. The van der Waals surface area contributed by atoms with Crippen molar-refractivity contribution in [3.05, 3.63) is 60.0 Å². The standard InChI is InChI=1S/C17H11F3N2OS/c18-17(19,20)15(23)22-16-21-14(10-24-16)13-8-6-12(7-9-13)11-4-2-1-3-5-11/h1-10H,(H,21,22,23). The number of alkyl halides is 3. The molecule has 7 heteroatoms. The van der Waals surface area contributed by atoms with Crippen LogP contribution in [-0.4, -0.2) is 17.1 Å². The van der Waals surface area contributed by atoms with Crippen LogP contribution in [0.4, 0.5) is 18.3 Å². The Morgan fingerprint density at radius 3 is 2.12 bits per heavy atom. The molecule has 0 unspecified atom stereocenters. The molecule has 1 heterocycles. The summed E-state index contributed by atoms with van der Waals surface area (Å²) in [6.07, 6.45) is -4.93.